The van der Waals surface area contributed by atoms with E-state index in [1.807, 2.05) is 0 Å². The second kappa shape index (κ2) is 3.57. The minimum atomic E-state index is -0.746. The van der Waals surface area contributed by atoms with Crippen LogP contribution in [-0.4, -0.2) is 12.0 Å². The molecule has 4 nitrogen and oxygen atoms in total. The molecule has 0 bridgehead atoms. The van der Waals surface area contributed by atoms with Crippen LogP contribution in [0.25, 0.3) is 0 Å². The molecular formula is C7H5ClFNO3. The number of methoxy groups -OCH3 is 1. The van der Waals surface area contributed by atoms with Crippen molar-refractivity contribution < 1.29 is 14.1 Å². The number of nitro groups is 1. The van der Waals surface area contributed by atoms with Crippen molar-refractivity contribution in [2.75, 3.05) is 7.11 Å². The van der Waals surface area contributed by atoms with Crippen LogP contribution in [-0.2, 0) is 0 Å². The Morgan fingerprint density at radius 3 is 2.69 bits per heavy atom. The number of benzene rings is 1. The van der Waals surface area contributed by atoms with E-state index in [4.69, 9.17) is 11.6 Å². The lowest BCUT2D eigenvalue weighted by Crippen LogP contribution is -1.95. The number of rotatable bonds is 2. The SMILES string of the molecule is COc1c([N+](=O)[O-])ccc(F)c1Cl. The van der Waals surface area contributed by atoms with Crippen molar-refractivity contribution in [2.45, 2.75) is 0 Å². The van der Waals surface area contributed by atoms with Gasteiger partial charge in [-0.05, 0) is 6.07 Å². The molecule has 70 valence electrons. The highest BCUT2D eigenvalue weighted by atomic mass is 35.5. The first kappa shape index (κ1) is 9.73. The highest BCUT2D eigenvalue weighted by Crippen LogP contribution is 2.35. The van der Waals surface area contributed by atoms with Crippen molar-refractivity contribution in [2.24, 2.45) is 0 Å². The minimum Gasteiger partial charge on any atom is -0.489 e. The molecule has 0 fully saturated rings. The zero-order valence-corrected chi connectivity index (χ0v) is 7.34. The van der Waals surface area contributed by atoms with Crippen LogP contribution in [0, 0.1) is 15.9 Å². The van der Waals surface area contributed by atoms with Gasteiger partial charge in [0.25, 0.3) is 0 Å². The van der Waals surface area contributed by atoms with E-state index in [2.05, 4.69) is 4.74 Å². The lowest BCUT2D eigenvalue weighted by Gasteiger charge is -2.03. The lowest BCUT2D eigenvalue weighted by atomic mass is 10.3. The summed E-state index contributed by atoms with van der Waals surface area (Å²) in [6.07, 6.45) is 0. The van der Waals surface area contributed by atoms with E-state index in [0.717, 1.165) is 12.1 Å². The number of halogens is 2. The summed E-state index contributed by atoms with van der Waals surface area (Å²) in [6.45, 7) is 0. The molecule has 0 saturated carbocycles. The van der Waals surface area contributed by atoms with E-state index < -0.39 is 10.7 Å². The Hall–Kier alpha value is -1.36. The molecule has 1 aromatic carbocycles. The van der Waals surface area contributed by atoms with Gasteiger partial charge in [-0.3, -0.25) is 10.1 Å². The van der Waals surface area contributed by atoms with Crippen molar-refractivity contribution in [3.8, 4) is 5.75 Å². The number of nitrogens with zero attached hydrogens (tertiary/aromatic N) is 1. The Balaban J connectivity index is 3.38. The molecule has 6 heteroatoms. The van der Waals surface area contributed by atoms with Crippen LogP contribution in [0.5, 0.6) is 5.75 Å². The van der Waals surface area contributed by atoms with Crippen LogP contribution < -0.4 is 4.74 Å². The zero-order chi connectivity index (χ0) is 10.0. The Kier molecular flexibility index (Phi) is 2.67. The van der Waals surface area contributed by atoms with Gasteiger partial charge in [0.2, 0.25) is 5.75 Å². The molecule has 0 aromatic heterocycles. The molecule has 0 saturated heterocycles. The maximum atomic E-state index is 12.8. The Bertz CT molecular complexity index is 356. The molecule has 0 spiro atoms. The topological polar surface area (TPSA) is 52.4 Å². The molecule has 0 radical (unpaired) electrons. The van der Waals surface area contributed by atoms with Gasteiger partial charge in [-0.25, -0.2) is 4.39 Å². The molecule has 0 aliphatic carbocycles. The quantitative estimate of drug-likeness (QED) is 0.550. The average molecular weight is 206 g/mol. The van der Waals surface area contributed by atoms with Gasteiger partial charge in [0.15, 0.2) is 0 Å². The highest BCUT2D eigenvalue weighted by Gasteiger charge is 2.20. The van der Waals surface area contributed by atoms with Gasteiger partial charge in [-0.1, -0.05) is 11.6 Å². The fraction of sp³-hybridized carbons (Fsp3) is 0.143. The summed E-state index contributed by atoms with van der Waals surface area (Å²) in [5, 5.41) is 10.0. The highest BCUT2D eigenvalue weighted by molar-refractivity contribution is 6.32. The smallest absolute Gasteiger partial charge is 0.312 e. The maximum absolute atomic E-state index is 12.8. The summed E-state index contributed by atoms with van der Waals surface area (Å²) >= 11 is 5.44. The van der Waals surface area contributed by atoms with Gasteiger partial charge in [-0.2, -0.15) is 0 Å². The van der Waals surface area contributed by atoms with E-state index in [1.165, 1.54) is 7.11 Å². The molecule has 1 rings (SSSR count). The number of ether oxygens (including phenoxy) is 1. The summed E-state index contributed by atoms with van der Waals surface area (Å²) < 4.78 is 17.4. The van der Waals surface area contributed by atoms with Crippen molar-refractivity contribution in [3.63, 3.8) is 0 Å². The largest absolute Gasteiger partial charge is 0.489 e. The maximum Gasteiger partial charge on any atom is 0.312 e. The van der Waals surface area contributed by atoms with E-state index in [9.17, 15) is 14.5 Å². The van der Waals surface area contributed by atoms with Gasteiger partial charge in [-0.15, -0.1) is 0 Å². The van der Waals surface area contributed by atoms with Crippen molar-refractivity contribution in [1.29, 1.82) is 0 Å². The molecule has 1 aromatic rings. The molecular weight excluding hydrogens is 201 g/mol. The van der Waals surface area contributed by atoms with Crippen LogP contribution >= 0.6 is 11.6 Å². The van der Waals surface area contributed by atoms with E-state index in [1.54, 1.807) is 0 Å². The van der Waals surface area contributed by atoms with Crippen molar-refractivity contribution in [3.05, 3.63) is 33.1 Å². The van der Waals surface area contributed by atoms with Crippen LogP contribution in [0.3, 0.4) is 0 Å². The molecule has 13 heavy (non-hydrogen) atoms. The fourth-order valence-corrected chi connectivity index (χ4v) is 1.10. The van der Waals surface area contributed by atoms with E-state index in [-0.39, 0.29) is 16.5 Å². The van der Waals surface area contributed by atoms with Gasteiger partial charge in [0, 0.05) is 6.07 Å². The third-order valence-corrected chi connectivity index (χ3v) is 1.78. The Morgan fingerprint density at radius 2 is 2.23 bits per heavy atom. The first-order valence-corrected chi connectivity index (χ1v) is 3.62. The van der Waals surface area contributed by atoms with Crippen molar-refractivity contribution in [1.82, 2.24) is 0 Å². The predicted molar refractivity (Wildman–Crippen MR) is 44.6 cm³/mol. The van der Waals surface area contributed by atoms with Gasteiger partial charge in [0.05, 0.1) is 12.0 Å². The molecule has 0 amide bonds. The second-order valence-electron chi connectivity index (χ2n) is 2.17. The Morgan fingerprint density at radius 1 is 1.62 bits per heavy atom. The van der Waals surface area contributed by atoms with Crippen molar-refractivity contribution >= 4 is 17.3 Å². The zero-order valence-electron chi connectivity index (χ0n) is 6.58. The summed E-state index contributed by atoms with van der Waals surface area (Å²) in [7, 11) is 1.19. The molecule has 0 N–H and O–H groups in total. The predicted octanol–water partition coefficient (Wildman–Crippen LogP) is 2.40. The summed E-state index contributed by atoms with van der Waals surface area (Å²) in [6, 6.07) is 1.92. The van der Waals surface area contributed by atoms with Gasteiger partial charge in [0.1, 0.15) is 10.8 Å². The van der Waals surface area contributed by atoms with Crippen LogP contribution in [0.4, 0.5) is 10.1 Å². The van der Waals surface area contributed by atoms with E-state index in [0.29, 0.717) is 0 Å². The summed E-state index contributed by atoms with van der Waals surface area (Å²) in [5.74, 6) is -1.00. The molecule has 0 heterocycles. The monoisotopic (exact) mass is 205 g/mol. The molecule has 0 aliphatic rings. The lowest BCUT2D eigenvalue weighted by molar-refractivity contribution is -0.385. The number of hydrogen-bond acceptors (Lipinski definition) is 3. The van der Waals surface area contributed by atoms with Gasteiger partial charge < -0.3 is 4.74 Å². The Labute approximate surface area is 78.0 Å². The second-order valence-corrected chi connectivity index (χ2v) is 2.55. The first-order chi connectivity index (χ1) is 6.07. The normalized spacial score (nSPS) is 9.77. The third kappa shape index (κ3) is 1.70. The summed E-state index contributed by atoms with van der Waals surface area (Å²) in [5.41, 5.74) is -0.353. The van der Waals surface area contributed by atoms with Crippen LogP contribution in [0.2, 0.25) is 5.02 Å². The standard InChI is InChI=1S/C7H5ClFNO3/c1-13-7-5(10(11)12)3-2-4(9)6(7)8/h2-3H,1H3. The molecule has 0 aliphatic heterocycles. The first-order valence-electron chi connectivity index (χ1n) is 3.24. The average Bonchev–Trinajstić information content (AvgIpc) is 2.09. The van der Waals surface area contributed by atoms with Crippen LogP contribution in [0.15, 0.2) is 12.1 Å². The molecule has 0 atom stereocenters. The number of nitro benzene ring substituents is 1. The van der Waals surface area contributed by atoms with Gasteiger partial charge >= 0.3 is 5.69 Å². The minimum absolute atomic E-state index is 0.258. The van der Waals surface area contributed by atoms with Crippen LogP contribution in [0.1, 0.15) is 0 Å². The number of hydrogen-bond donors (Lipinski definition) is 0. The fourth-order valence-electron chi connectivity index (χ4n) is 0.860. The van der Waals surface area contributed by atoms with E-state index >= 15 is 0 Å². The summed E-state index contributed by atoms with van der Waals surface area (Å²) in [4.78, 5) is 9.70. The molecule has 0 unspecified atom stereocenters. The third-order valence-electron chi connectivity index (χ3n) is 1.43.